The number of anilines is 1. The minimum Gasteiger partial charge on any atom is -0.387 e. The summed E-state index contributed by atoms with van der Waals surface area (Å²) < 4.78 is 13.2. The van der Waals surface area contributed by atoms with Crippen LogP contribution >= 0.6 is 34.8 Å². The van der Waals surface area contributed by atoms with Crippen molar-refractivity contribution in [1.82, 2.24) is 9.88 Å². The van der Waals surface area contributed by atoms with Crippen LogP contribution in [0.4, 0.5) is 10.2 Å². The summed E-state index contributed by atoms with van der Waals surface area (Å²) in [7, 11) is 0. The molecule has 2 heterocycles. The van der Waals surface area contributed by atoms with Crippen molar-refractivity contribution in [3.63, 3.8) is 0 Å². The predicted molar refractivity (Wildman–Crippen MR) is 124 cm³/mol. The van der Waals surface area contributed by atoms with Gasteiger partial charge in [0.25, 0.3) is 0 Å². The molecule has 4 rings (SSSR count). The van der Waals surface area contributed by atoms with Gasteiger partial charge in [0, 0.05) is 37.4 Å². The topological polar surface area (TPSA) is 39.6 Å². The normalized spacial score (nSPS) is 18.2. The number of rotatable bonds is 5. The van der Waals surface area contributed by atoms with Gasteiger partial charge in [0.05, 0.1) is 22.2 Å². The van der Waals surface area contributed by atoms with E-state index in [0.29, 0.717) is 52.6 Å². The third kappa shape index (κ3) is 5.30. The number of hydrogen-bond donors (Lipinski definition) is 1. The molecular formula is C23H21Cl3FN3O. The molecule has 0 aliphatic carbocycles. The van der Waals surface area contributed by atoms with Crippen molar-refractivity contribution in [2.45, 2.75) is 12.1 Å². The average Bonchev–Trinajstić information content (AvgIpc) is 2.75. The van der Waals surface area contributed by atoms with E-state index in [9.17, 15) is 9.50 Å². The van der Waals surface area contributed by atoms with Gasteiger partial charge in [-0.2, -0.15) is 0 Å². The lowest BCUT2D eigenvalue weighted by Crippen LogP contribution is -2.49. The molecule has 3 aromatic rings. The van der Waals surface area contributed by atoms with E-state index < -0.39 is 6.10 Å². The second-order valence-electron chi connectivity index (χ2n) is 7.55. The Balaban J connectivity index is 1.58. The number of hydrogen-bond acceptors (Lipinski definition) is 4. The first kappa shape index (κ1) is 22.3. The molecule has 2 aromatic carbocycles. The van der Waals surface area contributed by atoms with Crippen LogP contribution in [-0.4, -0.2) is 41.2 Å². The molecule has 1 aliphatic heterocycles. The fourth-order valence-electron chi connectivity index (χ4n) is 3.88. The highest BCUT2D eigenvalue weighted by Crippen LogP contribution is 2.35. The van der Waals surface area contributed by atoms with E-state index in [2.05, 4.69) is 14.8 Å². The maximum absolute atomic E-state index is 13.2. The third-order valence-electron chi connectivity index (χ3n) is 5.47. The van der Waals surface area contributed by atoms with Gasteiger partial charge in [-0.05, 0) is 41.5 Å². The zero-order valence-corrected chi connectivity index (χ0v) is 18.8. The first-order chi connectivity index (χ1) is 14.9. The number of aromatic nitrogens is 1. The van der Waals surface area contributed by atoms with Crippen molar-refractivity contribution in [1.29, 1.82) is 0 Å². The van der Waals surface area contributed by atoms with Crippen LogP contribution in [0.5, 0.6) is 0 Å². The highest BCUT2D eigenvalue weighted by Gasteiger charge is 2.31. The number of pyridine rings is 1. The van der Waals surface area contributed by atoms with Crippen molar-refractivity contribution in [2.24, 2.45) is 0 Å². The number of β-amino-alcohol motifs (C(OH)–C–C–N with tert-alkyl or cyclic N) is 1. The lowest BCUT2D eigenvalue weighted by Gasteiger charge is -2.43. The lowest BCUT2D eigenvalue weighted by molar-refractivity contribution is 0.100. The number of aliphatic hydroxyl groups is 1. The van der Waals surface area contributed by atoms with Gasteiger partial charge >= 0.3 is 0 Å². The Bertz CT molecular complexity index is 1030. The van der Waals surface area contributed by atoms with Crippen LogP contribution in [-0.2, 0) is 0 Å². The number of aliphatic hydroxyl groups excluding tert-OH is 1. The van der Waals surface area contributed by atoms with Gasteiger partial charge in [-0.1, -0.05) is 59.1 Å². The molecule has 162 valence electrons. The van der Waals surface area contributed by atoms with Crippen LogP contribution in [0, 0.1) is 5.82 Å². The Labute approximate surface area is 195 Å². The number of nitrogens with zero attached hydrogens (tertiary/aromatic N) is 3. The van der Waals surface area contributed by atoms with Gasteiger partial charge in [-0.3, -0.25) is 4.90 Å². The first-order valence-corrected chi connectivity index (χ1v) is 11.0. The second kappa shape index (κ2) is 9.72. The maximum Gasteiger partial charge on any atom is 0.148 e. The highest BCUT2D eigenvalue weighted by atomic mass is 35.5. The SMILES string of the molecule is O[C@H](CN1CCN(c2ncc(Cl)cc2Cl)[C@H](c2ccc(Cl)cc2)C1)c1ccc(F)cc1. The molecule has 8 heteroatoms. The van der Waals surface area contributed by atoms with E-state index >= 15 is 0 Å². The Hall–Kier alpha value is -1.89. The molecule has 1 saturated heterocycles. The van der Waals surface area contributed by atoms with E-state index in [1.165, 1.54) is 12.1 Å². The van der Waals surface area contributed by atoms with Crippen molar-refractivity contribution in [2.75, 3.05) is 31.1 Å². The van der Waals surface area contributed by atoms with Crippen molar-refractivity contribution >= 4 is 40.6 Å². The van der Waals surface area contributed by atoms with E-state index in [0.717, 1.165) is 5.56 Å². The first-order valence-electron chi connectivity index (χ1n) is 9.90. The standard InChI is InChI=1S/C23H21Cl3FN3O/c24-17-5-1-15(2-6-17)21-13-29(14-22(31)16-3-7-19(27)8-4-16)9-10-30(21)23-20(26)11-18(25)12-28-23/h1-8,11-12,21-22,31H,9-10,13-14H2/t21-,22+/m0/s1. The number of halogens is 4. The fourth-order valence-corrected chi connectivity index (χ4v) is 4.50. The predicted octanol–water partition coefficient (Wildman–Crippen LogP) is 5.78. The summed E-state index contributed by atoms with van der Waals surface area (Å²) in [4.78, 5) is 8.81. The van der Waals surface area contributed by atoms with Gasteiger partial charge in [-0.15, -0.1) is 0 Å². The second-order valence-corrected chi connectivity index (χ2v) is 8.83. The van der Waals surface area contributed by atoms with Crippen LogP contribution in [0.25, 0.3) is 0 Å². The van der Waals surface area contributed by atoms with E-state index in [-0.39, 0.29) is 11.9 Å². The van der Waals surface area contributed by atoms with Crippen molar-refractivity contribution in [3.8, 4) is 0 Å². The summed E-state index contributed by atoms with van der Waals surface area (Å²) in [6.45, 7) is 2.46. The van der Waals surface area contributed by atoms with Gasteiger partial charge in [0.2, 0.25) is 0 Å². The van der Waals surface area contributed by atoms with Crippen LogP contribution in [0.1, 0.15) is 23.3 Å². The zero-order valence-electron chi connectivity index (χ0n) is 16.6. The third-order valence-corrected chi connectivity index (χ3v) is 6.20. The molecule has 4 nitrogen and oxygen atoms in total. The van der Waals surface area contributed by atoms with Gasteiger partial charge < -0.3 is 10.0 Å². The molecule has 1 fully saturated rings. The Morgan fingerprint density at radius 1 is 1.00 bits per heavy atom. The fraction of sp³-hybridized carbons (Fsp3) is 0.261. The lowest BCUT2D eigenvalue weighted by atomic mass is 10.0. The largest absolute Gasteiger partial charge is 0.387 e. The quantitative estimate of drug-likeness (QED) is 0.503. The zero-order chi connectivity index (χ0) is 22.0. The molecule has 0 bridgehead atoms. The van der Waals surface area contributed by atoms with E-state index in [1.807, 2.05) is 24.3 Å². The number of benzene rings is 2. The Morgan fingerprint density at radius 3 is 2.39 bits per heavy atom. The highest BCUT2D eigenvalue weighted by molar-refractivity contribution is 6.36. The minimum absolute atomic E-state index is 0.0439. The van der Waals surface area contributed by atoms with E-state index in [4.69, 9.17) is 34.8 Å². The maximum atomic E-state index is 13.2. The molecule has 0 unspecified atom stereocenters. The molecule has 1 aromatic heterocycles. The smallest absolute Gasteiger partial charge is 0.148 e. The molecule has 1 aliphatic rings. The molecule has 31 heavy (non-hydrogen) atoms. The van der Waals surface area contributed by atoms with Crippen LogP contribution < -0.4 is 4.90 Å². The minimum atomic E-state index is -0.713. The monoisotopic (exact) mass is 479 g/mol. The Morgan fingerprint density at radius 2 is 1.71 bits per heavy atom. The summed E-state index contributed by atoms with van der Waals surface area (Å²) in [5, 5.41) is 12.3. The Kier molecular flexibility index (Phi) is 6.99. The molecule has 0 amide bonds. The summed E-state index contributed by atoms with van der Waals surface area (Å²) in [5.41, 5.74) is 1.76. The van der Waals surface area contributed by atoms with Crippen molar-refractivity contribution < 1.29 is 9.50 Å². The van der Waals surface area contributed by atoms with E-state index in [1.54, 1.807) is 24.4 Å². The van der Waals surface area contributed by atoms with Crippen molar-refractivity contribution in [3.05, 3.63) is 92.8 Å². The van der Waals surface area contributed by atoms with Gasteiger partial charge in [-0.25, -0.2) is 9.37 Å². The van der Waals surface area contributed by atoms with Gasteiger partial charge in [0.15, 0.2) is 0 Å². The van der Waals surface area contributed by atoms with Gasteiger partial charge in [0.1, 0.15) is 11.6 Å². The molecular weight excluding hydrogens is 460 g/mol. The van der Waals surface area contributed by atoms with Crippen LogP contribution in [0.15, 0.2) is 60.8 Å². The summed E-state index contributed by atoms with van der Waals surface area (Å²) in [6, 6.07) is 15.3. The van der Waals surface area contributed by atoms with Crippen LogP contribution in [0.3, 0.4) is 0 Å². The molecule has 0 radical (unpaired) electrons. The van der Waals surface area contributed by atoms with Crippen LogP contribution in [0.2, 0.25) is 15.1 Å². The summed E-state index contributed by atoms with van der Waals surface area (Å²) in [6.07, 6.45) is 0.877. The number of piperazine rings is 1. The molecule has 1 N–H and O–H groups in total. The summed E-state index contributed by atoms with van der Waals surface area (Å²) in [5.74, 6) is 0.351. The molecule has 0 saturated carbocycles. The summed E-state index contributed by atoms with van der Waals surface area (Å²) >= 11 is 18.6. The molecule has 0 spiro atoms. The average molecular weight is 481 g/mol. The molecule has 2 atom stereocenters.